The van der Waals surface area contributed by atoms with Crippen molar-refractivity contribution in [1.29, 1.82) is 0 Å². The van der Waals surface area contributed by atoms with Gasteiger partial charge in [0.25, 0.3) is 5.91 Å². The standard InChI is InChI=1S/C32H30N6O4/c1-37-13-15-38(16-14-37)28(39)17-20-3-7-23(8-4-20)35-30(21-6-10-25-27(18-21)34-12-11-33-25)29-24-9-5-22(32(41)42-2)19-26(24)36-31(29)40/h3-12,18-19,35H,13-17H2,1-2H3,(H,36,40). The quantitative estimate of drug-likeness (QED) is 0.270. The van der Waals surface area contributed by atoms with Crippen LogP contribution in [-0.4, -0.2) is 77.9 Å². The highest BCUT2D eigenvalue weighted by molar-refractivity contribution is 6.37. The Balaban J connectivity index is 1.34. The first-order valence-corrected chi connectivity index (χ1v) is 13.7. The number of carbonyl (C=O) groups excluding carboxylic acids is 3. The highest BCUT2D eigenvalue weighted by Gasteiger charge is 2.29. The molecule has 3 aromatic carbocycles. The minimum absolute atomic E-state index is 0.120. The molecule has 10 heteroatoms. The van der Waals surface area contributed by atoms with E-state index < -0.39 is 5.97 Å². The molecule has 2 aliphatic heterocycles. The zero-order chi connectivity index (χ0) is 29.2. The third-order valence-electron chi connectivity index (χ3n) is 7.63. The summed E-state index contributed by atoms with van der Waals surface area (Å²) >= 11 is 0. The van der Waals surface area contributed by atoms with Crippen LogP contribution in [0.2, 0.25) is 0 Å². The smallest absolute Gasteiger partial charge is 0.337 e. The van der Waals surface area contributed by atoms with Crippen LogP contribution in [0, 0.1) is 0 Å². The number of rotatable bonds is 6. The average Bonchev–Trinajstić information content (AvgIpc) is 3.34. The van der Waals surface area contributed by atoms with Gasteiger partial charge in [-0.05, 0) is 49.0 Å². The van der Waals surface area contributed by atoms with Crippen LogP contribution >= 0.6 is 0 Å². The number of methoxy groups -OCH3 is 1. The van der Waals surface area contributed by atoms with E-state index in [1.807, 2.05) is 47.4 Å². The van der Waals surface area contributed by atoms with Crippen LogP contribution in [0.4, 0.5) is 11.4 Å². The molecule has 212 valence electrons. The summed E-state index contributed by atoms with van der Waals surface area (Å²) in [4.78, 5) is 51.3. The Bertz CT molecular complexity index is 1730. The van der Waals surface area contributed by atoms with E-state index in [4.69, 9.17) is 4.74 Å². The van der Waals surface area contributed by atoms with E-state index in [0.717, 1.165) is 48.5 Å². The summed E-state index contributed by atoms with van der Waals surface area (Å²) in [6.07, 6.45) is 3.59. The zero-order valence-corrected chi connectivity index (χ0v) is 23.4. The maximum atomic E-state index is 13.4. The lowest BCUT2D eigenvalue weighted by molar-refractivity contribution is -0.132. The van der Waals surface area contributed by atoms with Crippen LogP contribution in [0.15, 0.2) is 73.1 Å². The van der Waals surface area contributed by atoms with Gasteiger partial charge in [0, 0.05) is 55.4 Å². The van der Waals surface area contributed by atoms with Gasteiger partial charge in [0.1, 0.15) is 0 Å². The van der Waals surface area contributed by atoms with E-state index in [2.05, 4.69) is 32.5 Å². The largest absolute Gasteiger partial charge is 0.465 e. The van der Waals surface area contributed by atoms with E-state index in [1.165, 1.54) is 7.11 Å². The molecule has 0 bridgehead atoms. The van der Waals surface area contributed by atoms with Crippen molar-refractivity contribution in [2.75, 3.05) is 51.0 Å². The van der Waals surface area contributed by atoms with Gasteiger partial charge >= 0.3 is 5.97 Å². The van der Waals surface area contributed by atoms with Crippen LogP contribution in [0.25, 0.3) is 22.3 Å². The molecule has 1 aromatic heterocycles. The summed E-state index contributed by atoms with van der Waals surface area (Å²) < 4.78 is 4.84. The molecule has 0 radical (unpaired) electrons. The molecule has 3 heterocycles. The summed E-state index contributed by atoms with van der Waals surface area (Å²) in [5, 5.41) is 6.34. The Kier molecular flexibility index (Phi) is 7.37. The molecule has 2 aliphatic rings. The first-order chi connectivity index (χ1) is 20.4. The SMILES string of the molecule is COC(=O)c1ccc2c(c1)NC(=O)C2=C(Nc1ccc(CC(=O)N2CCN(C)CC2)cc1)c1ccc2nccnc2c1. The molecule has 1 fully saturated rings. The molecule has 0 atom stereocenters. The van der Waals surface area contributed by atoms with Crippen molar-refractivity contribution in [2.45, 2.75) is 6.42 Å². The van der Waals surface area contributed by atoms with Crippen molar-refractivity contribution in [1.82, 2.24) is 19.8 Å². The topological polar surface area (TPSA) is 117 Å². The molecule has 2 amide bonds. The van der Waals surface area contributed by atoms with Crippen LogP contribution in [0.1, 0.15) is 27.0 Å². The number of nitrogens with one attached hydrogen (secondary N) is 2. The second-order valence-electron chi connectivity index (χ2n) is 10.4. The fourth-order valence-corrected chi connectivity index (χ4v) is 5.26. The van der Waals surface area contributed by atoms with Gasteiger partial charge in [-0.2, -0.15) is 0 Å². The Morgan fingerprint density at radius 2 is 1.62 bits per heavy atom. The molecule has 0 unspecified atom stereocenters. The zero-order valence-electron chi connectivity index (χ0n) is 23.4. The third kappa shape index (κ3) is 5.44. The lowest BCUT2D eigenvalue weighted by atomic mass is 9.98. The summed E-state index contributed by atoms with van der Waals surface area (Å²) in [6.45, 7) is 3.25. The van der Waals surface area contributed by atoms with Crippen LogP contribution in [0.3, 0.4) is 0 Å². The number of hydrogen-bond acceptors (Lipinski definition) is 8. The van der Waals surface area contributed by atoms with E-state index in [1.54, 1.807) is 30.6 Å². The van der Waals surface area contributed by atoms with E-state index in [9.17, 15) is 14.4 Å². The monoisotopic (exact) mass is 562 g/mol. The number of ether oxygens (including phenoxy) is 1. The van der Waals surface area contributed by atoms with Gasteiger partial charge in [-0.1, -0.05) is 24.3 Å². The number of benzene rings is 3. The first kappa shape index (κ1) is 27.1. The minimum atomic E-state index is -0.484. The van der Waals surface area contributed by atoms with Crippen molar-refractivity contribution in [3.8, 4) is 0 Å². The predicted octanol–water partition coefficient (Wildman–Crippen LogP) is 3.67. The maximum absolute atomic E-state index is 13.4. The van der Waals surface area contributed by atoms with Gasteiger partial charge < -0.3 is 25.2 Å². The van der Waals surface area contributed by atoms with E-state index >= 15 is 0 Å². The predicted molar refractivity (Wildman–Crippen MR) is 161 cm³/mol. The second kappa shape index (κ2) is 11.4. The lowest BCUT2D eigenvalue weighted by Crippen LogP contribution is -2.47. The summed E-state index contributed by atoms with van der Waals surface area (Å²) in [6, 6.07) is 18.3. The normalized spacial score (nSPS) is 16.1. The number of piperazine rings is 1. The van der Waals surface area contributed by atoms with E-state index in [0.29, 0.717) is 40.0 Å². The van der Waals surface area contributed by atoms with Gasteiger partial charge in [0.05, 0.1) is 47.1 Å². The number of likely N-dealkylation sites (N-methyl/N-ethyl adjacent to an activating group) is 1. The molecule has 1 saturated heterocycles. The molecule has 4 aromatic rings. The van der Waals surface area contributed by atoms with Gasteiger partial charge in [0.15, 0.2) is 0 Å². The van der Waals surface area contributed by atoms with Gasteiger partial charge in [-0.3, -0.25) is 19.6 Å². The van der Waals surface area contributed by atoms with Crippen molar-refractivity contribution in [3.63, 3.8) is 0 Å². The van der Waals surface area contributed by atoms with Gasteiger partial charge in [-0.25, -0.2) is 4.79 Å². The minimum Gasteiger partial charge on any atom is -0.465 e. The summed E-state index contributed by atoms with van der Waals surface area (Å²) in [5.41, 5.74) is 6.36. The molecule has 42 heavy (non-hydrogen) atoms. The Morgan fingerprint density at radius 3 is 2.36 bits per heavy atom. The Labute approximate surface area is 243 Å². The number of hydrogen-bond donors (Lipinski definition) is 2. The number of fused-ring (bicyclic) bond motifs is 2. The molecule has 6 rings (SSSR count). The van der Waals surface area contributed by atoms with Crippen molar-refractivity contribution < 1.29 is 19.1 Å². The number of nitrogens with zero attached hydrogens (tertiary/aromatic N) is 4. The van der Waals surface area contributed by atoms with E-state index in [-0.39, 0.29) is 11.8 Å². The Morgan fingerprint density at radius 1 is 0.905 bits per heavy atom. The number of amides is 2. The third-order valence-corrected chi connectivity index (χ3v) is 7.63. The van der Waals surface area contributed by atoms with Crippen LogP contribution in [-0.2, 0) is 20.7 Å². The second-order valence-corrected chi connectivity index (χ2v) is 10.4. The molecule has 0 saturated carbocycles. The molecular formula is C32H30N6O4. The molecule has 0 aliphatic carbocycles. The number of aromatic nitrogens is 2. The fraction of sp³-hybridized carbons (Fsp3) is 0.219. The maximum Gasteiger partial charge on any atom is 0.337 e. The van der Waals surface area contributed by atoms with Crippen molar-refractivity contribution in [3.05, 3.63) is 95.3 Å². The first-order valence-electron chi connectivity index (χ1n) is 13.7. The number of carbonyl (C=O) groups is 3. The molecule has 10 nitrogen and oxygen atoms in total. The molecule has 0 spiro atoms. The number of esters is 1. The highest BCUT2D eigenvalue weighted by Crippen LogP contribution is 2.38. The lowest BCUT2D eigenvalue weighted by Gasteiger charge is -2.32. The van der Waals surface area contributed by atoms with Crippen LogP contribution in [0.5, 0.6) is 0 Å². The summed E-state index contributed by atoms with van der Waals surface area (Å²) in [7, 11) is 3.38. The van der Waals surface area contributed by atoms with Crippen molar-refractivity contribution >= 4 is 51.5 Å². The van der Waals surface area contributed by atoms with Gasteiger partial charge in [0.2, 0.25) is 5.91 Å². The van der Waals surface area contributed by atoms with Crippen molar-refractivity contribution in [2.24, 2.45) is 0 Å². The summed E-state index contributed by atoms with van der Waals surface area (Å²) in [5.74, 6) is -0.667. The van der Waals surface area contributed by atoms with Crippen LogP contribution < -0.4 is 10.6 Å². The van der Waals surface area contributed by atoms with Gasteiger partial charge in [-0.15, -0.1) is 0 Å². The number of anilines is 2. The Hall–Kier alpha value is -5.09. The molecular weight excluding hydrogens is 532 g/mol. The molecule has 2 N–H and O–H groups in total. The average molecular weight is 563 g/mol. The fourth-order valence-electron chi connectivity index (χ4n) is 5.26. The highest BCUT2D eigenvalue weighted by atomic mass is 16.5.